The monoisotopic (exact) mass is 253 g/mol. The van der Waals surface area contributed by atoms with Crippen molar-refractivity contribution in [2.45, 2.75) is 6.54 Å². The van der Waals surface area contributed by atoms with Gasteiger partial charge in [0, 0.05) is 18.7 Å². The van der Waals surface area contributed by atoms with E-state index in [1.807, 2.05) is 30.3 Å². The van der Waals surface area contributed by atoms with Gasteiger partial charge in [-0.15, -0.1) is 0 Å². The van der Waals surface area contributed by atoms with Crippen LogP contribution in [0, 0.1) is 0 Å². The van der Waals surface area contributed by atoms with E-state index < -0.39 is 0 Å². The molecule has 0 saturated carbocycles. The fourth-order valence-electron chi connectivity index (χ4n) is 1.89. The average Bonchev–Trinajstić information content (AvgIpc) is 2.48. The second kappa shape index (κ2) is 7.39. The molecule has 0 amide bonds. The zero-order chi connectivity index (χ0) is 13.3. The topological polar surface area (TPSA) is 21.3 Å². The van der Waals surface area contributed by atoms with Gasteiger partial charge in [-0.25, -0.2) is 0 Å². The predicted octanol–water partition coefficient (Wildman–Crippen LogP) is 3.50. The summed E-state index contributed by atoms with van der Waals surface area (Å²) in [5.74, 6) is 0.904. The van der Waals surface area contributed by atoms with Crippen LogP contribution in [-0.4, -0.2) is 13.7 Å². The van der Waals surface area contributed by atoms with Crippen LogP contribution in [0.3, 0.4) is 0 Å². The largest absolute Gasteiger partial charge is 0.496 e. The highest BCUT2D eigenvalue weighted by atomic mass is 16.5. The van der Waals surface area contributed by atoms with Crippen molar-refractivity contribution in [2.24, 2.45) is 0 Å². The minimum atomic E-state index is 0.840. The van der Waals surface area contributed by atoms with Crippen molar-refractivity contribution in [1.29, 1.82) is 0 Å². The number of nitrogens with one attached hydrogen (secondary N) is 1. The quantitative estimate of drug-likeness (QED) is 0.796. The molecule has 0 aromatic heterocycles. The zero-order valence-corrected chi connectivity index (χ0v) is 11.2. The number of hydrogen-bond acceptors (Lipinski definition) is 2. The van der Waals surface area contributed by atoms with Crippen molar-refractivity contribution in [1.82, 2.24) is 5.32 Å². The van der Waals surface area contributed by atoms with Gasteiger partial charge in [-0.1, -0.05) is 60.7 Å². The number of benzene rings is 2. The molecule has 0 radical (unpaired) electrons. The summed E-state index contributed by atoms with van der Waals surface area (Å²) in [6.45, 7) is 1.73. The Morgan fingerprint density at radius 2 is 1.74 bits per heavy atom. The highest BCUT2D eigenvalue weighted by molar-refractivity contribution is 5.57. The molecule has 0 fully saturated rings. The molecule has 0 aliphatic carbocycles. The third kappa shape index (κ3) is 4.27. The van der Waals surface area contributed by atoms with Crippen LogP contribution in [0.5, 0.6) is 5.75 Å². The number of ether oxygens (including phenoxy) is 1. The number of para-hydroxylation sites is 1. The maximum atomic E-state index is 5.30. The van der Waals surface area contributed by atoms with Crippen molar-refractivity contribution < 1.29 is 4.74 Å². The molecule has 2 heteroatoms. The smallest absolute Gasteiger partial charge is 0.126 e. The first-order chi connectivity index (χ1) is 9.40. The summed E-state index contributed by atoms with van der Waals surface area (Å²) in [6, 6.07) is 18.4. The molecule has 1 N–H and O–H groups in total. The first-order valence-corrected chi connectivity index (χ1v) is 6.44. The summed E-state index contributed by atoms with van der Waals surface area (Å²) in [6.07, 6.45) is 4.19. The fraction of sp³-hybridized carbons (Fsp3) is 0.176. The molecule has 0 bridgehead atoms. The zero-order valence-electron chi connectivity index (χ0n) is 11.2. The summed E-state index contributed by atoms with van der Waals surface area (Å²) in [7, 11) is 1.69. The van der Waals surface area contributed by atoms with E-state index in [9.17, 15) is 0 Å². The van der Waals surface area contributed by atoms with Crippen molar-refractivity contribution in [3.63, 3.8) is 0 Å². The fourth-order valence-corrected chi connectivity index (χ4v) is 1.89. The first kappa shape index (κ1) is 13.4. The van der Waals surface area contributed by atoms with Gasteiger partial charge in [-0.05, 0) is 11.6 Å². The first-order valence-electron chi connectivity index (χ1n) is 6.44. The summed E-state index contributed by atoms with van der Waals surface area (Å²) in [4.78, 5) is 0. The number of rotatable bonds is 6. The Balaban J connectivity index is 1.81. The van der Waals surface area contributed by atoms with Gasteiger partial charge in [-0.2, -0.15) is 0 Å². The molecule has 2 aromatic carbocycles. The summed E-state index contributed by atoms with van der Waals surface area (Å²) < 4.78 is 5.30. The van der Waals surface area contributed by atoms with Crippen molar-refractivity contribution >= 4 is 6.08 Å². The Bertz CT molecular complexity index is 520. The van der Waals surface area contributed by atoms with Gasteiger partial charge in [0.25, 0.3) is 0 Å². The molecule has 0 aliphatic rings. The molecule has 98 valence electrons. The van der Waals surface area contributed by atoms with E-state index >= 15 is 0 Å². The Morgan fingerprint density at radius 1 is 1.00 bits per heavy atom. The molecular weight excluding hydrogens is 234 g/mol. The van der Waals surface area contributed by atoms with Crippen LogP contribution in [0.25, 0.3) is 6.08 Å². The van der Waals surface area contributed by atoms with Crippen LogP contribution in [0.2, 0.25) is 0 Å². The third-order valence-electron chi connectivity index (χ3n) is 2.87. The van der Waals surface area contributed by atoms with Gasteiger partial charge in [0.05, 0.1) is 7.11 Å². The van der Waals surface area contributed by atoms with Gasteiger partial charge in [0.2, 0.25) is 0 Å². The normalized spacial score (nSPS) is 10.8. The standard InChI is InChI=1S/C17H19NO/c1-19-17-12-6-5-10-16(17)11-7-13-18-14-15-8-3-2-4-9-15/h2-12,18H,13-14H2,1H3. The van der Waals surface area contributed by atoms with E-state index in [4.69, 9.17) is 4.74 Å². The third-order valence-corrected chi connectivity index (χ3v) is 2.87. The molecule has 0 heterocycles. The molecule has 0 atom stereocenters. The highest BCUT2D eigenvalue weighted by Crippen LogP contribution is 2.18. The lowest BCUT2D eigenvalue weighted by Crippen LogP contribution is -2.12. The Labute approximate surface area is 114 Å². The van der Waals surface area contributed by atoms with Gasteiger partial charge < -0.3 is 10.1 Å². The molecule has 0 saturated heterocycles. The van der Waals surface area contributed by atoms with E-state index in [0.29, 0.717) is 0 Å². The molecule has 0 spiro atoms. The highest BCUT2D eigenvalue weighted by Gasteiger charge is 1.95. The van der Waals surface area contributed by atoms with Crippen LogP contribution < -0.4 is 10.1 Å². The molecule has 0 aliphatic heterocycles. The summed E-state index contributed by atoms with van der Waals surface area (Å²) in [5, 5.41) is 3.38. The summed E-state index contributed by atoms with van der Waals surface area (Å²) in [5.41, 5.74) is 2.40. The van der Waals surface area contributed by atoms with Gasteiger partial charge in [0.1, 0.15) is 5.75 Å². The van der Waals surface area contributed by atoms with E-state index in [1.165, 1.54) is 5.56 Å². The maximum absolute atomic E-state index is 5.30. The van der Waals surface area contributed by atoms with Crippen molar-refractivity contribution in [3.8, 4) is 5.75 Å². The minimum Gasteiger partial charge on any atom is -0.496 e. The molecule has 2 rings (SSSR count). The summed E-state index contributed by atoms with van der Waals surface area (Å²) >= 11 is 0. The van der Waals surface area contributed by atoms with E-state index in [-0.39, 0.29) is 0 Å². The van der Waals surface area contributed by atoms with E-state index in [1.54, 1.807) is 7.11 Å². The molecule has 0 unspecified atom stereocenters. The van der Waals surface area contributed by atoms with Crippen LogP contribution in [0.1, 0.15) is 11.1 Å². The minimum absolute atomic E-state index is 0.840. The van der Waals surface area contributed by atoms with E-state index in [0.717, 1.165) is 24.4 Å². The van der Waals surface area contributed by atoms with Gasteiger partial charge in [-0.3, -0.25) is 0 Å². The van der Waals surface area contributed by atoms with Gasteiger partial charge in [0.15, 0.2) is 0 Å². The maximum Gasteiger partial charge on any atom is 0.126 e. The Hall–Kier alpha value is -2.06. The Morgan fingerprint density at radius 3 is 2.53 bits per heavy atom. The lowest BCUT2D eigenvalue weighted by molar-refractivity contribution is 0.414. The second-order valence-electron chi connectivity index (χ2n) is 4.26. The Kier molecular flexibility index (Phi) is 5.20. The second-order valence-corrected chi connectivity index (χ2v) is 4.26. The van der Waals surface area contributed by atoms with Crippen LogP contribution in [-0.2, 0) is 6.54 Å². The molecule has 19 heavy (non-hydrogen) atoms. The van der Waals surface area contributed by atoms with E-state index in [2.05, 4.69) is 41.7 Å². The number of methoxy groups -OCH3 is 1. The van der Waals surface area contributed by atoms with Gasteiger partial charge >= 0.3 is 0 Å². The van der Waals surface area contributed by atoms with Crippen LogP contribution in [0.4, 0.5) is 0 Å². The molecule has 2 aromatic rings. The number of hydrogen-bond donors (Lipinski definition) is 1. The van der Waals surface area contributed by atoms with Crippen LogP contribution in [0.15, 0.2) is 60.7 Å². The average molecular weight is 253 g/mol. The van der Waals surface area contributed by atoms with Crippen LogP contribution >= 0.6 is 0 Å². The molecule has 2 nitrogen and oxygen atoms in total. The lowest BCUT2D eigenvalue weighted by Gasteiger charge is -2.04. The van der Waals surface area contributed by atoms with Crippen molar-refractivity contribution in [2.75, 3.05) is 13.7 Å². The SMILES string of the molecule is COc1ccccc1C=CCNCc1ccccc1. The molecular formula is C17H19NO. The predicted molar refractivity (Wildman–Crippen MR) is 80.2 cm³/mol. The van der Waals surface area contributed by atoms with Crippen molar-refractivity contribution in [3.05, 3.63) is 71.8 Å². The lowest BCUT2D eigenvalue weighted by atomic mass is 10.2.